The molecule has 9 nitrogen and oxygen atoms in total. The van der Waals surface area contributed by atoms with E-state index in [1.807, 2.05) is 67.5 Å². The van der Waals surface area contributed by atoms with Crippen molar-refractivity contribution in [1.82, 2.24) is 19.7 Å². The summed E-state index contributed by atoms with van der Waals surface area (Å²) in [5.74, 6) is 0.0628. The number of nitrogens with zero attached hydrogens (tertiary/aromatic N) is 4. The molecule has 1 N–H and O–H groups in total. The van der Waals surface area contributed by atoms with Crippen molar-refractivity contribution >= 4 is 50.0 Å². The number of likely N-dealkylation sites (N-methyl/N-ethyl adjacent to an activating group) is 1. The van der Waals surface area contributed by atoms with E-state index in [0.717, 1.165) is 34.4 Å². The number of hydrogen-bond donors (Lipinski definition) is 1. The molecule has 2 aliphatic heterocycles. The Hall–Kier alpha value is -3.08. The minimum atomic E-state index is -3.09. The molecule has 5 rings (SSSR count). The van der Waals surface area contributed by atoms with Crippen molar-refractivity contribution in [3.8, 4) is 0 Å². The van der Waals surface area contributed by atoms with Gasteiger partial charge in [-0.2, -0.15) is 0 Å². The first-order valence-corrected chi connectivity index (χ1v) is 15.5. The number of aromatic nitrogens is 1. The van der Waals surface area contributed by atoms with Crippen LogP contribution in [-0.4, -0.2) is 87.0 Å². The molecule has 0 aliphatic carbocycles. The van der Waals surface area contributed by atoms with Crippen molar-refractivity contribution in [3.63, 3.8) is 0 Å². The Bertz CT molecular complexity index is 1530. The summed E-state index contributed by atoms with van der Waals surface area (Å²) in [7, 11) is 0.809. The fourth-order valence-corrected chi connectivity index (χ4v) is 6.48. The summed E-state index contributed by atoms with van der Waals surface area (Å²) in [6.07, 6.45) is 1.70. The molecular weight excluding hydrogens is 538 g/mol. The fraction of sp³-hybridized carbons (Fsp3) is 0.429. The summed E-state index contributed by atoms with van der Waals surface area (Å²) >= 11 is 6.26. The number of halogens is 1. The number of carbonyl (C=O) groups excluding carboxylic acids is 2. The molecule has 1 saturated heterocycles. The first kappa shape index (κ1) is 27.5. The molecule has 0 unspecified atom stereocenters. The Kier molecular flexibility index (Phi) is 7.39. The van der Waals surface area contributed by atoms with E-state index in [1.165, 1.54) is 6.26 Å². The molecule has 1 fully saturated rings. The molecule has 0 radical (unpaired) electrons. The van der Waals surface area contributed by atoms with Crippen LogP contribution in [0.25, 0.3) is 10.9 Å². The lowest BCUT2D eigenvalue weighted by molar-refractivity contribution is -0.127. The summed E-state index contributed by atoms with van der Waals surface area (Å²) in [4.78, 5) is 32.2. The van der Waals surface area contributed by atoms with Gasteiger partial charge in [0.2, 0.25) is 5.91 Å². The van der Waals surface area contributed by atoms with Crippen LogP contribution in [0.5, 0.6) is 0 Å². The highest BCUT2D eigenvalue weighted by molar-refractivity contribution is 7.90. The van der Waals surface area contributed by atoms with Gasteiger partial charge in [0, 0.05) is 66.3 Å². The molecule has 39 heavy (non-hydrogen) atoms. The quantitative estimate of drug-likeness (QED) is 0.426. The number of urea groups is 1. The zero-order chi connectivity index (χ0) is 27.9. The van der Waals surface area contributed by atoms with Crippen LogP contribution in [0.2, 0.25) is 5.02 Å². The van der Waals surface area contributed by atoms with Crippen molar-refractivity contribution in [3.05, 3.63) is 64.8 Å². The molecule has 1 aromatic heterocycles. The number of aryl methyl sites for hydroxylation is 1. The van der Waals surface area contributed by atoms with E-state index in [4.69, 9.17) is 11.6 Å². The summed E-state index contributed by atoms with van der Waals surface area (Å²) in [6.45, 7) is 2.78. The zero-order valence-electron chi connectivity index (χ0n) is 22.5. The van der Waals surface area contributed by atoms with Gasteiger partial charge in [-0.15, -0.1) is 0 Å². The molecule has 2 aromatic carbocycles. The predicted octanol–water partition coefficient (Wildman–Crippen LogP) is 3.10. The van der Waals surface area contributed by atoms with E-state index < -0.39 is 15.3 Å². The normalized spacial score (nSPS) is 16.3. The van der Waals surface area contributed by atoms with Crippen LogP contribution in [0.3, 0.4) is 0 Å². The zero-order valence-corrected chi connectivity index (χ0v) is 24.1. The number of anilines is 1. The SMILES string of the molecule is CN(C)CCNC(=O)N1CC2(C1)C(=O)N(Cc1cc3cc(Cl)ccc3n1CCCS(C)(=O)=O)c1ccccc12. The number of hydrogen-bond acceptors (Lipinski definition) is 5. The van der Waals surface area contributed by atoms with Gasteiger partial charge in [-0.25, -0.2) is 13.2 Å². The van der Waals surface area contributed by atoms with Gasteiger partial charge in [-0.1, -0.05) is 29.8 Å². The van der Waals surface area contributed by atoms with Gasteiger partial charge in [0.25, 0.3) is 0 Å². The third-order valence-corrected chi connectivity index (χ3v) is 8.84. The maximum Gasteiger partial charge on any atom is 0.317 e. The topological polar surface area (TPSA) is 95.0 Å². The maximum absolute atomic E-state index is 14.0. The van der Waals surface area contributed by atoms with Crippen LogP contribution in [0.15, 0.2) is 48.5 Å². The molecule has 3 heterocycles. The van der Waals surface area contributed by atoms with E-state index >= 15 is 0 Å². The van der Waals surface area contributed by atoms with Crippen LogP contribution in [0, 0.1) is 0 Å². The molecule has 0 atom stereocenters. The van der Waals surface area contributed by atoms with Gasteiger partial charge in [-0.3, -0.25) is 4.79 Å². The Labute approximate surface area is 234 Å². The molecule has 0 bridgehead atoms. The number of rotatable bonds is 9. The molecule has 2 aliphatic rings. The highest BCUT2D eigenvalue weighted by Gasteiger charge is 2.59. The van der Waals surface area contributed by atoms with Crippen LogP contribution >= 0.6 is 11.6 Å². The molecule has 208 valence electrons. The van der Waals surface area contributed by atoms with Crippen molar-refractivity contribution in [2.75, 3.05) is 57.2 Å². The van der Waals surface area contributed by atoms with Crippen LogP contribution in [0.1, 0.15) is 17.7 Å². The third-order valence-electron chi connectivity index (χ3n) is 7.58. The van der Waals surface area contributed by atoms with Gasteiger partial charge in [0.15, 0.2) is 0 Å². The van der Waals surface area contributed by atoms with Crippen molar-refractivity contribution in [2.45, 2.75) is 24.9 Å². The van der Waals surface area contributed by atoms with Crippen molar-refractivity contribution < 1.29 is 18.0 Å². The molecule has 3 aromatic rings. The van der Waals surface area contributed by atoms with E-state index in [9.17, 15) is 18.0 Å². The highest BCUT2D eigenvalue weighted by atomic mass is 35.5. The second kappa shape index (κ2) is 10.5. The number of fused-ring (bicyclic) bond motifs is 3. The average Bonchev–Trinajstić information content (AvgIpc) is 3.29. The van der Waals surface area contributed by atoms with Crippen LogP contribution in [-0.2, 0) is 33.1 Å². The van der Waals surface area contributed by atoms with Gasteiger partial charge in [0.05, 0.1) is 12.3 Å². The highest BCUT2D eigenvalue weighted by Crippen LogP contribution is 2.48. The summed E-state index contributed by atoms with van der Waals surface area (Å²) in [5.41, 5.74) is 2.88. The van der Waals surface area contributed by atoms with E-state index in [1.54, 1.807) is 9.80 Å². The molecule has 11 heteroatoms. The van der Waals surface area contributed by atoms with Crippen molar-refractivity contribution in [1.29, 1.82) is 0 Å². The van der Waals surface area contributed by atoms with Gasteiger partial charge < -0.3 is 24.6 Å². The van der Waals surface area contributed by atoms with E-state index in [2.05, 4.69) is 9.88 Å². The van der Waals surface area contributed by atoms with E-state index in [-0.39, 0.29) is 17.7 Å². The number of carbonyl (C=O) groups is 2. The minimum Gasteiger partial charge on any atom is -0.343 e. The smallest absolute Gasteiger partial charge is 0.317 e. The maximum atomic E-state index is 14.0. The van der Waals surface area contributed by atoms with Crippen molar-refractivity contribution in [2.24, 2.45) is 0 Å². The molecule has 3 amide bonds. The number of amides is 3. The fourth-order valence-electron chi connectivity index (χ4n) is 5.65. The third kappa shape index (κ3) is 5.37. The van der Waals surface area contributed by atoms with Crippen LogP contribution in [0.4, 0.5) is 10.5 Å². The number of likely N-dealkylation sites (tertiary alicyclic amines) is 1. The van der Waals surface area contributed by atoms with Gasteiger partial charge in [-0.05, 0) is 56.4 Å². The predicted molar refractivity (Wildman–Crippen MR) is 154 cm³/mol. The largest absolute Gasteiger partial charge is 0.343 e. The Morgan fingerprint density at radius 2 is 1.87 bits per heavy atom. The summed E-state index contributed by atoms with van der Waals surface area (Å²) < 4.78 is 25.6. The van der Waals surface area contributed by atoms with Gasteiger partial charge in [0.1, 0.15) is 15.3 Å². The van der Waals surface area contributed by atoms with Gasteiger partial charge >= 0.3 is 6.03 Å². The lowest BCUT2D eigenvalue weighted by Gasteiger charge is -2.46. The summed E-state index contributed by atoms with van der Waals surface area (Å²) in [5, 5.41) is 4.49. The lowest BCUT2D eigenvalue weighted by Crippen LogP contribution is -2.67. The number of para-hydroxylation sites is 1. The number of sulfone groups is 1. The first-order valence-electron chi connectivity index (χ1n) is 13.0. The van der Waals surface area contributed by atoms with Crippen LogP contribution < -0.4 is 10.2 Å². The molecule has 0 saturated carbocycles. The number of benzene rings is 2. The molecular formula is C28H34ClN5O4S. The molecule has 1 spiro atoms. The summed E-state index contributed by atoms with van der Waals surface area (Å²) in [6, 6.07) is 15.3. The van der Waals surface area contributed by atoms with E-state index in [0.29, 0.717) is 44.2 Å². The standard InChI is InChI=1S/C28H34ClN5O4S/c1-31(2)13-11-30-27(36)32-18-28(19-32)23-7-4-5-8-25(23)34(26(28)35)17-22-16-20-15-21(29)9-10-24(20)33(22)12-6-14-39(3,37)38/h4-5,7-10,15-16H,6,11-14,17-19H2,1-3H3,(H,30,36). The second-order valence-corrected chi connectivity index (χ2v) is 13.6. The Balaban J connectivity index is 1.40. The lowest BCUT2D eigenvalue weighted by atomic mass is 9.75. The minimum absolute atomic E-state index is 0.0213. The average molecular weight is 572 g/mol. The second-order valence-electron chi connectivity index (χ2n) is 10.9. The monoisotopic (exact) mass is 571 g/mol. The number of nitrogens with one attached hydrogen (secondary N) is 1. The Morgan fingerprint density at radius 1 is 1.13 bits per heavy atom. The first-order chi connectivity index (χ1) is 18.5. The Morgan fingerprint density at radius 3 is 2.59 bits per heavy atom.